The highest BCUT2D eigenvalue weighted by Gasteiger charge is 2.27. The van der Waals surface area contributed by atoms with Gasteiger partial charge in [-0.2, -0.15) is 0 Å². The number of aliphatic carboxylic acids is 1. The van der Waals surface area contributed by atoms with Crippen LogP contribution in [0.2, 0.25) is 0 Å². The van der Waals surface area contributed by atoms with Crippen LogP contribution in [0.15, 0.2) is 18.2 Å². The van der Waals surface area contributed by atoms with Crippen molar-refractivity contribution in [3.63, 3.8) is 0 Å². The standard InChI is InChI=1S/C15H17F2NO3/c16-12-5-1-3-10(14(12)17)6-7-13(19)18-8-2-4-11(9-18)15(20)21/h1,3,5,11H,2,4,6-9H2,(H,20,21)/t11-/m0/s1. The number of halogens is 2. The molecule has 1 fully saturated rings. The lowest BCUT2D eigenvalue weighted by molar-refractivity contribution is -0.145. The predicted octanol–water partition coefficient (Wildman–Crippen LogP) is 2.22. The highest BCUT2D eigenvalue weighted by atomic mass is 19.2. The summed E-state index contributed by atoms with van der Waals surface area (Å²) < 4.78 is 26.5. The molecule has 0 aliphatic carbocycles. The number of benzene rings is 1. The minimum atomic E-state index is -0.927. The average molecular weight is 297 g/mol. The van der Waals surface area contributed by atoms with Crippen LogP contribution in [0.1, 0.15) is 24.8 Å². The zero-order valence-corrected chi connectivity index (χ0v) is 11.5. The maximum Gasteiger partial charge on any atom is 0.308 e. The van der Waals surface area contributed by atoms with Gasteiger partial charge < -0.3 is 10.0 Å². The number of likely N-dealkylation sites (tertiary alicyclic amines) is 1. The average Bonchev–Trinajstić information content (AvgIpc) is 2.48. The Kier molecular flexibility index (Phi) is 4.88. The number of carbonyl (C=O) groups is 2. The fourth-order valence-electron chi connectivity index (χ4n) is 2.55. The Hall–Kier alpha value is -1.98. The van der Waals surface area contributed by atoms with Crippen LogP contribution in [-0.4, -0.2) is 35.0 Å². The summed E-state index contributed by atoms with van der Waals surface area (Å²) in [5.41, 5.74) is 0.162. The van der Waals surface area contributed by atoms with Gasteiger partial charge in [0, 0.05) is 19.5 Å². The van der Waals surface area contributed by atoms with E-state index in [1.54, 1.807) is 0 Å². The van der Waals surface area contributed by atoms with E-state index in [1.165, 1.54) is 17.0 Å². The Morgan fingerprint density at radius 3 is 2.81 bits per heavy atom. The van der Waals surface area contributed by atoms with Crippen molar-refractivity contribution in [2.75, 3.05) is 13.1 Å². The van der Waals surface area contributed by atoms with Crippen LogP contribution >= 0.6 is 0 Å². The molecule has 1 aliphatic rings. The lowest BCUT2D eigenvalue weighted by Crippen LogP contribution is -2.42. The van der Waals surface area contributed by atoms with Crippen LogP contribution in [0.3, 0.4) is 0 Å². The molecule has 1 atom stereocenters. The number of hydrogen-bond acceptors (Lipinski definition) is 2. The van der Waals surface area contributed by atoms with Crippen LogP contribution in [0.5, 0.6) is 0 Å². The van der Waals surface area contributed by atoms with Gasteiger partial charge in [0.25, 0.3) is 0 Å². The van der Waals surface area contributed by atoms with E-state index in [1.807, 2.05) is 0 Å². The van der Waals surface area contributed by atoms with Crippen LogP contribution < -0.4 is 0 Å². The van der Waals surface area contributed by atoms with Crippen molar-refractivity contribution >= 4 is 11.9 Å². The molecule has 1 N–H and O–H groups in total. The van der Waals surface area contributed by atoms with E-state index in [4.69, 9.17) is 5.11 Å². The molecule has 1 saturated heterocycles. The quantitative estimate of drug-likeness (QED) is 0.927. The lowest BCUT2D eigenvalue weighted by Gasteiger charge is -2.30. The number of nitrogens with zero attached hydrogens (tertiary/aromatic N) is 1. The van der Waals surface area contributed by atoms with Gasteiger partial charge in [0.05, 0.1) is 5.92 Å². The number of piperidine rings is 1. The zero-order chi connectivity index (χ0) is 15.4. The molecular formula is C15H17F2NO3. The SMILES string of the molecule is O=C(O)[C@H]1CCCN(C(=O)CCc2cccc(F)c2F)C1. The summed E-state index contributed by atoms with van der Waals surface area (Å²) in [5.74, 6) is -3.50. The highest BCUT2D eigenvalue weighted by Crippen LogP contribution is 2.19. The third kappa shape index (κ3) is 3.77. The van der Waals surface area contributed by atoms with Crippen LogP contribution in [0.4, 0.5) is 8.78 Å². The van der Waals surface area contributed by atoms with Gasteiger partial charge in [-0.1, -0.05) is 12.1 Å². The Bertz CT molecular complexity index is 548. The highest BCUT2D eigenvalue weighted by molar-refractivity contribution is 5.78. The topological polar surface area (TPSA) is 57.6 Å². The van der Waals surface area contributed by atoms with Crippen molar-refractivity contribution < 1.29 is 23.5 Å². The molecule has 0 saturated carbocycles. The maximum absolute atomic E-state index is 13.5. The third-order valence-electron chi connectivity index (χ3n) is 3.76. The Morgan fingerprint density at radius 2 is 2.10 bits per heavy atom. The molecule has 21 heavy (non-hydrogen) atoms. The van der Waals surface area contributed by atoms with E-state index in [9.17, 15) is 18.4 Å². The van der Waals surface area contributed by atoms with Gasteiger partial charge in [0.1, 0.15) is 0 Å². The number of aryl methyl sites for hydroxylation is 1. The van der Waals surface area contributed by atoms with Gasteiger partial charge in [-0.05, 0) is 30.9 Å². The molecule has 2 rings (SSSR count). The summed E-state index contributed by atoms with van der Waals surface area (Å²) in [7, 11) is 0. The monoisotopic (exact) mass is 297 g/mol. The van der Waals surface area contributed by atoms with Crippen LogP contribution in [0.25, 0.3) is 0 Å². The van der Waals surface area contributed by atoms with Gasteiger partial charge in [0.2, 0.25) is 5.91 Å². The summed E-state index contributed by atoms with van der Waals surface area (Å²) in [6, 6.07) is 3.88. The molecule has 0 spiro atoms. The molecule has 1 aromatic carbocycles. The second kappa shape index (κ2) is 6.65. The Balaban J connectivity index is 1.92. The number of carboxylic acid groups (broad SMARTS) is 1. The van der Waals surface area contributed by atoms with Crippen molar-refractivity contribution in [1.29, 1.82) is 0 Å². The molecule has 114 valence electrons. The number of carbonyl (C=O) groups excluding carboxylic acids is 1. The van der Waals surface area contributed by atoms with Crippen molar-refractivity contribution in [1.82, 2.24) is 4.90 Å². The first-order valence-electron chi connectivity index (χ1n) is 6.92. The molecule has 1 aliphatic heterocycles. The van der Waals surface area contributed by atoms with Crippen molar-refractivity contribution in [2.45, 2.75) is 25.7 Å². The lowest BCUT2D eigenvalue weighted by atomic mass is 9.97. The molecule has 4 nitrogen and oxygen atoms in total. The fraction of sp³-hybridized carbons (Fsp3) is 0.467. The molecule has 0 radical (unpaired) electrons. The smallest absolute Gasteiger partial charge is 0.308 e. The molecule has 1 aromatic rings. The van der Waals surface area contributed by atoms with E-state index < -0.39 is 23.5 Å². The van der Waals surface area contributed by atoms with Crippen LogP contribution in [-0.2, 0) is 16.0 Å². The molecule has 1 amide bonds. The Labute approximate surface area is 121 Å². The normalized spacial score (nSPS) is 18.6. The van der Waals surface area contributed by atoms with Gasteiger partial charge in [-0.3, -0.25) is 9.59 Å². The first-order valence-corrected chi connectivity index (χ1v) is 6.92. The van der Waals surface area contributed by atoms with E-state index in [2.05, 4.69) is 0 Å². The number of amides is 1. The van der Waals surface area contributed by atoms with Gasteiger partial charge >= 0.3 is 5.97 Å². The summed E-state index contributed by atoms with van der Waals surface area (Å²) >= 11 is 0. The van der Waals surface area contributed by atoms with Gasteiger partial charge in [-0.25, -0.2) is 8.78 Å². The number of hydrogen-bond donors (Lipinski definition) is 1. The number of carboxylic acids is 1. The van der Waals surface area contributed by atoms with Crippen molar-refractivity contribution in [3.05, 3.63) is 35.4 Å². The second-order valence-corrected chi connectivity index (χ2v) is 5.23. The predicted molar refractivity (Wildman–Crippen MR) is 71.6 cm³/mol. The minimum Gasteiger partial charge on any atom is -0.481 e. The minimum absolute atomic E-state index is 0.0483. The third-order valence-corrected chi connectivity index (χ3v) is 3.76. The van der Waals surface area contributed by atoms with E-state index in [0.29, 0.717) is 19.4 Å². The molecular weight excluding hydrogens is 280 g/mol. The second-order valence-electron chi connectivity index (χ2n) is 5.23. The van der Waals surface area contributed by atoms with Crippen molar-refractivity contribution in [2.24, 2.45) is 5.92 Å². The summed E-state index contributed by atoms with van der Waals surface area (Å²) in [5, 5.41) is 8.98. The molecule has 0 unspecified atom stereocenters. The zero-order valence-electron chi connectivity index (χ0n) is 11.5. The van der Waals surface area contributed by atoms with Crippen molar-refractivity contribution in [3.8, 4) is 0 Å². The first-order chi connectivity index (χ1) is 9.99. The molecule has 1 heterocycles. The fourth-order valence-corrected chi connectivity index (χ4v) is 2.55. The summed E-state index contributed by atoms with van der Waals surface area (Å²) in [6.45, 7) is 0.716. The largest absolute Gasteiger partial charge is 0.481 e. The first kappa shape index (κ1) is 15.4. The number of rotatable bonds is 4. The van der Waals surface area contributed by atoms with Gasteiger partial charge in [-0.15, -0.1) is 0 Å². The summed E-state index contributed by atoms with van der Waals surface area (Å²) in [4.78, 5) is 24.5. The van der Waals surface area contributed by atoms with Crippen LogP contribution in [0, 0.1) is 17.6 Å². The Morgan fingerprint density at radius 1 is 1.33 bits per heavy atom. The molecule has 6 heteroatoms. The molecule has 0 aromatic heterocycles. The van der Waals surface area contributed by atoms with Gasteiger partial charge in [0.15, 0.2) is 11.6 Å². The van der Waals surface area contributed by atoms with E-state index >= 15 is 0 Å². The summed E-state index contributed by atoms with van der Waals surface area (Å²) in [6.07, 6.45) is 1.37. The maximum atomic E-state index is 13.5. The van der Waals surface area contributed by atoms with E-state index in [0.717, 1.165) is 6.07 Å². The molecule has 0 bridgehead atoms. The van der Waals surface area contributed by atoms with E-state index in [-0.39, 0.29) is 30.9 Å².